The number of halogens is 1. The number of rotatable bonds is 2. The minimum absolute atomic E-state index is 0.137. The fraction of sp³-hybridized carbons (Fsp3) is 0.417. The van der Waals surface area contributed by atoms with Crippen LogP contribution in [0.25, 0.3) is 0 Å². The number of amides is 2. The topological polar surface area (TPSA) is 61.4 Å². The molecule has 2 amide bonds. The largest absolute Gasteiger partial charge is 0.391 e. The van der Waals surface area contributed by atoms with Gasteiger partial charge in [0, 0.05) is 10.7 Å². The highest BCUT2D eigenvalue weighted by Gasteiger charge is 2.26. The predicted octanol–water partition coefficient (Wildman–Crippen LogP) is 2.37. The van der Waals surface area contributed by atoms with Crippen molar-refractivity contribution in [2.24, 2.45) is 0 Å². The van der Waals surface area contributed by atoms with E-state index in [9.17, 15) is 9.90 Å². The molecule has 0 unspecified atom stereocenters. The van der Waals surface area contributed by atoms with Crippen LogP contribution in [0.15, 0.2) is 24.3 Å². The lowest BCUT2D eigenvalue weighted by Crippen LogP contribution is -2.42. The van der Waals surface area contributed by atoms with Crippen LogP contribution in [0.4, 0.5) is 10.5 Å². The third-order valence-corrected chi connectivity index (χ3v) is 3.15. The Morgan fingerprint density at radius 2 is 2.00 bits per heavy atom. The molecule has 2 atom stereocenters. The average molecular weight is 255 g/mol. The zero-order valence-corrected chi connectivity index (χ0v) is 10.1. The molecule has 0 saturated heterocycles. The molecule has 0 spiro atoms. The second-order valence-corrected chi connectivity index (χ2v) is 4.65. The van der Waals surface area contributed by atoms with Gasteiger partial charge in [-0.25, -0.2) is 4.79 Å². The van der Waals surface area contributed by atoms with Crippen molar-refractivity contribution in [1.82, 2.24) is 5.32 Å². The van der Waals surface area contributed by atoms with E-state index in [-0.39, 0.29) is 12.1 Å². The summed E-state index contributed by atoms with van der Waals surface area (Å²) in [5.41, 5.74) is 0.680. The lowest BCUT2D eigenvalue weighted by Gasteiger charge is -2.16. The minimum Gasteiger partial charge on any atom is -0.391 e. The van der Waals surface area contributed by atoms with Crippen LogP contribution in [0.1, 0.15) is 19.3 Å². The van der Waals surface area contributed by atoms with Gasteiger partial charge in [-0.2, -0.15) is 0 Å². The van der Waals surface area contributed by atoms with E-state index in [1.807, 2.05) is 0 Å². The van der Waals surface area contributed by atoms with Gasteiger partial charge in [0.1, 0.15) is 0 Å². The number of carbonyl (C=O) groups excluding carboxylic acids is 1. The van der Waals surface area contributed by atoms with Crippen LogP contribution in [-0.4, -0.2) is 23.3 Å². The predicted molar refractivity (Wildman–Crippen MR) is 67.3 cm³/mol. The third kappa shape index (κ3) is 3.35. The normalized spacial score (nSPS) is 23.4. The molecule has 3 N–H and O–H groups in total. The Balaban J connectivity index is 1.86. The Morgan fingerprint density at radius 1 is 1.29 bits per heavy atom. The van der Waals surface area contributed by atoms with Crippen LogP contribution in [-0.2, 0) is 0 Å². The Morgan fingerprint density at radius 3 is 2.59 bits per heavy atom. The summed E-state index contributed by atoms with van der Waals surface area (Å²) in [7, 11) is 0. The Labute approximate surface area is 105 Å². The maximum atomic E-state index is 11.6. The van der Waals surface area contributed by atoms with E-state index in [0.29, 0.717) is 10.7 Å². The number of benzene rings is 1. The SMILES string of the molecule is O=C(Nc1ccc(Cl)cc1)N[C@@H]1CCC[C@@H]1O. The first-order valence-electron chi connectivity index (χ1n) is 5.66. The van der Waals surface area contributed by atoms with Crippen molar-refractivity contribution >= 4 is 23.3 Å². The lowest BCUT2D eigenvalue weighted by molar-refractivity contribution is 0.151. The number of hydrogen-bond donors (Lipinski definition) is 3. The van der Waals surface area contributed by atoms with E-state index in [1.54, 1.807) is 24.3 Å². The molecule has 1 aromatic carbocycles. The Hall–Kier alpha value is -1.26. The van der Waals surface area contributed by atoms with Gasteiger partial charge in [0.25, 0.3) is 0 Å². The Kier molecular flexibility index (Phi) is 3.86. The first kappa shape index (κ1) is 12.2. The maximum absolute atomic E-state index is 11.6. The summed E-state index contributed by atoms with van der Waals surface area (Å²) in [6, 6.07) is 6.45. The molecule has 1 aromatic rings. The molecule has 4 nitrogen and oxygen atoms in total. The lowest BCUT2D eigenvalue weighted by atomic mass is 10.2. The summed E-state index contributed by atoms with van der Waals surface area (Å²) in [6.45, 7) is 0. The van der Waals surface area contributed by atoms with Crippen LogP contribution < -0.4 is 10.6 Å². The molecule has 0 radical (unpaired) electrons. The van der Waals surface area contributed by atoms with Crippen LogP contribution in [0, 0.1) is 0 Å². The molecule has 1 fully saturated rings. The van der Waals surface area contributed by atoms with Crippen LogP contribution in [0.2, 0.25) is 5.02 Å². The number of nitrogens with one attached hydrogen (secondary N) is 2. The second-order valence-electron chi connectivity index (χ2n) is 4.21. The molecule has 2 rings (SSSR count). The highest BCUT2D eigenvalue weighted by atomic mass is 35.5. The van der Waals surface area contributed by atoms with Crippen LogP contribution >= 0.6 is 11.6 Å². The zero-order valence-electron chi connectivity index (χ0n) is 9.32. The molecule has 0 heterocycles. The van der Waals surface area contributed by atoms with E-state index in [0.717, 1.165) is 19.3 Å². The number of carbonyl (C=O) groups is 1. The van der Waals surface area contributed by atoms with E-state index in [4.69, 9.17) is 11.6 Å². The van der Waals surface area contributed by atoms with Crippen molar-refractivity contribution in [3.8, 4) is 0 Å². The standard InChI is InChI=1S/C12H15ClN2O2/c13-8-4-6-9(7-5-8)14-12(17)15-10-2-1-3-11(10)16/h4-7,10-11,16H,1-3H2,(H2,14,15,17)/t10-,11+/m1/s1. The van der Waals surface area contributed by atoms with Crippen LogP contribution in [0.3, 0.4) is 0 Å². The Bertz CT molecular complexity index is 394. The molecular weight excluding hydrogens is 240 g/mol. The van der Waals surface area contributed by atoms with Gasteiger partial charge in [0.15, 0.2) is 0 Å². The van der Waals surface area contributed by atoms with Gasteiger partial charge in [-0.05, 0) is 43.5 Å². The molecule has 0 aromatic heterocycles. The molecule has 92 valence electrons. The van der Waals surface area contributed by atoms with Crippen molar-refractivity contribution in [3.05, 3.63) is 29.3 Å². The summed E-state index contributed by atoms with van der Waals surface area (Å²) in [6.07, 6.45) is 2.11. The van der Waals surface area contributed by atoms with E-state index >= 15 is 0 Å². The summed E-state index contributed by atoms with van der Waals surface area (Å²) in [5, 5.41) is 15.7. The molecule has 1 aliphatic rings. The molecule has 0 bridgehead atoms. The molecule has 1 aliphatic carbocycles. The maximum Gasteiger partial charge on any atom is 0.319 e. The van der Waals surface area contributed by atoms with Crippen molar-refractivity contribution in [2.75, 3.05) is 5.32 Å². The van der Waals surface area contributed by atoms with Crippen molar-refractivity contribution in [3.63, 3.8) is 0 Å². The fourth-order valence-electron chi connectivity index (χ4n) is 1.98. The number of aliphatic hydroxyl groups is 1. The quantitative estimate of drug-likeness (QED) is 0.759. The third-order valence-electron chi connectivity index (χ3n) is 2.90. The van der Waals surface area contributed by atoms with E-state index in [1.165, 1.54) is 0 Å². The summed E-state index contributed by atoms with van der Waals surface area (Å²) >= 11 is 5.74. The molecular formula is C12H15ClN2O2. The second kappa shape index (κ2) is 5.38. The summed E-state index contributed by atoms with van der Waals surface area (Å²) < 4.78 is 0. The van der Waals surface area contributed by atoms with Gasteiger partial charge in [-0.3, -0.25) is 0 Å². The van der Waals surface area contributed by atoms with Crippen molar-refractivity contribution < 1.29 is 9.90 Å². The molecule has 5 heteroatoms. The van der Waals surface area contributed by atoms with Gasteiger partial charge in [-0.1, -0.05) is 11.6 Å². The van der Waals surface area contributed by atoms with Crippen LogP contribution in [0.5, 0.6) is 0 Å². The summed E-state index contributed by atoms with van der Waals surface area (Å²) in [5.74, 6) is 0. The number of anilines is 1. The molecule has 17 heavy (non-hydrogen) atoms. The molecule has 1 saturated carbocycles. The van der Waals surface area contributed by atoms with E-state index < -0.39 is 6.10 Å². The van der Waals surface area contributed by atoms with E-state index in [2.05, 4.69) is 10.6 Å². The van der Waals surface area contributed by atoms with Gasteiger partial charge in [-0.15, -0.1) is 0 Å². The number of aliphatic hydroxyl groups excluding tert-OH is 1. The zero-order chi connectivity index (χ0) is 12.3. The van der Waals surface area contributed by atoms with Gasteiger partial charge in [0.2, 0.25) is 0 Å². The first-order valence-corrected chi connectivity index (χ1v) is 6.04. The first-order chi connectivity index (χ1) is 8.15. The van der Waals surface area contributed by atoms with Crippen molar-refractivity contribution in [1.29, 1.82) is 0 Å². The van der Waals surface area contributed by atoms with Gasteiger partial charge >= 0.3 is 6.03 Å². The number of urea groups is 1. The van der Waals surface area contributed by atoms with Gasteiger partial charge < -0.3 is 15.7 Å². The minimum atomic E-state index is -0.425. The smallest absolute Gasteiger partial charge is 0.319 e. The fourth-order valence-corrected chi connectivity index (χ4v) is 2.10. The highest BCUT2D eigenvalue weighted by molar-refractivity contribution is 6.30. The monoisotopic (exact) mass is 254 g/mol. The summed E-state index contributed by atoms with van der Waals surface area (Å²) in [4.78, 5) is 11.6. The number of hydrogen-bond acceptors (Lipinski definition) is 2. The van der Waals surface area contributed by atoms with Crippen molar-refractivity contribution in [2.45, 2.75) is 31.4 Å². The highest BCUT2D eigenvalue weighted by Crippen LogP contribution is 2.19. The molecule has 0 aliphatic heterocycles. The van der Waals surface area contributed by atoms with Gasteiger partial charge in [0.05, 0.1) is 12.1 Å². The average Bonchev–Trinajstić information content (AvgIpc) is 2.68.